The van der Waals surface area contributed by atoms with Crippen LogP contribution in [0, 0.1) is 6.92 Å². The molecule has 2 N–H and O–H groups in total. The maximum atomic E-state index is 5.82. The van der Waals surface area contributed by atoms with Gasteiger partial charge in [0, 0.05) is 5.56 Å². The molecule has 0 saturated heterocycles. The zero-order chi connectivity index (χ0) is 8.72. The highest BCUT2D eigenvalue weighted by molar-refractivity contribution is 7.22. The normalized spacial score (nSPS) is 10.8. The van der Waals surface area contributed by atoms with Gasteiger partial charge in [0.25, 0.3) is 0 Å². The molecule has 0 unspecified atom stereocenters. The van der Waals surface area contributed by atoms with Crippen molar-refractivity contribution in [3.8, 4) is 0 Å². The van der Waals surface area contributed by atoms with E-state index in [9.17, 15) is 0 Å². The number of nitrogen functional groups attached to an aromatic ring is 1. The molecule has 2 aromatic heterocycles. The number of rotatable bonds is 0. The van der Waals surface area contributed by atoms with Gasteiger partial charge in [-0.2, -0.15) is 0 Å². The highest BCUT2D eigenvalue weighted by atomic mass is 35.5. The SMILES string of the molecule is Cc1c(Cl)ncc2nc(N)sc12. The molecule has 5 heteroatoms. The lowest BCUT2D eigenvalue weighted by molar-refractivity contribution is 1.30. The van der Waals surface area contributed by atoms with E-state index in [0.29, 0.717) is 10.3 Å². The molecule has 0 amide bonds. The van der Waals surface area contributed by atoms with E-state index in [1.807, 2.05) is 6.92 Å². The zero-order valence-corrected chi connectivity index (χ0v) is 7.91. The van der Waals surface area contributed by atoms with Crippen LogP contribution >= 0.6 is 22.9 Å². The van der Waals surface area contributed by atoms with Gasteiger partial charge in [-0.25, -0.2) is 9.97 Å². The lowest BCUT2D eigenvalue weighted by atomic mass is 10.3. The van der Waals surface area contributed by atoms with Gasteiger partial charge in [0.05, 0.1) is 10.9 Å². The Bertz CT molecular complexity index is 437. The van der Waals surface area contributed by atoms with E-state index < -0.39 is 0 Å². The van der Waals surface area contributed by atoms with Gasteiger partial charge < -0.3 is 5.73 Å². The number of aromatic nitrogens is 2. The van der Waals surface area contributed by atoms with Crippen LogP contribution < -0.4 is 5.73 Å². The average molecular weight is 200 g/mol. The van der Waals surface area contributed by atoms with Gasteiger partial charge >= 0.3 is 0 Å². The molecular weight excluding hydrogens is 194 g/mol. The first kappa shape index (κ1) is 7.76. The van der Waals surface area contributed by atoms with E-state index in [4.69, 9.17) is 17.3 Å². The van der Waals surface area contributed by atoms with Gasteiger partial charge in [0.2, 0.25) is 0 Å². The summed E-state index contributed by atoms with van der Waals surface area (Å²) in [6, 6.07) is 0. The largest absolute Gasteiger partial charge is 0.375 e. The Labute approximate surface area is 78.2 Å². The van der Waals surface area contributed by atoms with Gasteiger partial charge in [-0.15, -0.1) is 0 Å². The monoisotopic (exact) mass is 199 g/mol. The molecule has 2 heterocycles. The molecule has 0 spiro atoms. The Morgan fingerprint density at radius 1 is 1.58 bits per heavy atom. The Kier molecular flexibility index (Phi) is 1.66. The molecule has 62 valence electrons. The van der Waals surface area contributed by atoms with E-state index in [2.05, 4.69) is 9.97 Å². The van der Waals surface area contributed by atoms with Gasteiger partial charge in [-0.1, -0.05) is 22.9 Å². The van der Waals surface area contributed by atoms with Crippen molar-refractivity contribution in [1.82, 2.24) is 9.97 Å². The highest BCUT2D eigenvalue weighted by Gasteiger charge is 2.06. The minimum atomic E-state index is 0.520. The van der Waals surface area contributed by atoms with E-state index >= 15 is 0 Å². The molecule has 0 aliphatic heterocycles. The molecule has 0 bridgehead atoms. The fraction of sp³-hybridized carbons (Fsp3) is 0.143. The van der Waals surface area contributed by atoms with Gasteiger partial charge in [-0.05, 0) is 6.92 Å². The lowest BCUT2D eigenvalue weighted by Gasteiger charge is -1.94. The number of fused-ring (bicyclic) bond motifs is 1. The van der Waals surface area contributed by atoms with Crippen LogP contribution in [0.5, 0.6) is 0 Å². The molecule has 0 aromatic carbocycles. The third kappa shape index (κ3) is 1.04. The van der Waals surface area contributed by atoms with E-state index in [1.165, 1.54) is 11.3 Å². The second-order valence-corrected chi connectivity index (χ2v) is 3.83. The van der Waals surface area contributed by atoms with Crippen LogP contribution in [0.4, 0.5) is 5.13 Å². The summed E-state index contributed by atoms with van der Waals surface area (Å²) in [4.78, 5) is 8.06. The van der Waals surface area contributed by atoms with Gasteiger partial charge in [0.1, 0.15) is 10.7 Å². The number of nitrogens with zero attached hydrogens (tertiary/aromatic N) is 2. The van der Waals surface area contributed by atoms with Crippen molar-refractivity contribution in [2.24, 2.45) is 0 Å². The molecule has 0 aliphatic rings. The Hall–Kier alpha value is -0.870. The minimum Gasteiger partial charge on any atom is -0.375 e. The first-order valence-electron chi connectivity index (χ1n) is 3.35. The van der Waals surface area contributed by atoms with Crippen molar-refractivity contribution in [2.75, 3.05) is 5.73 Å². The Balaban J connectivity index is 2.89. The number of hydrogen-bond donors (Lipinski definition) is 1. The maximum absolute atomic E-state index is 5.82. The summed E-state index contributed by atoms with van der Waals surface area (Å²) >= 11 is 7.26. The van der Waals surface area contributed by atoms with Gasteiger partial charge in [0.15, 0.2) is 5.13 Å². The second-order valence-electron chi connectivity index (χ2n) is 2.44. The summed E-state index contributed by atoms with van der Waals surface area (Å²) in [6.45, 7) is 1.91. The summed E-state index contributed by atoms with van der Waals surface area (Å²) in [5.74, 6) is 0. The lowest BCUT2D eigenvalue weighted by Crippen LogP contribution is -1.81. The molecule has 12 heavy (non-hydrogen) atoms. The first-order chi connectivity index (χ1) is 5.68. The van der Waals surface area contributed by atoms with Crippen molar-refractivity contribution in [3.63, 3.8) is 0 Å². The fourth-order valence-corrected chi connectivity index (χ4v) is 2.02. The predicted octanol–water partition coefficient (Wildman–Crippen LogP) is 2.24. The maximum Gasteiger partial charge on any atom is 0.181 e. The van der Waals surface area contributed by atoms with Crippen molar-refractivity contribution < 1.29 is 0 Å². The van der Waals surface area contributed by atoms with Gasteiger partial charge in [-0.3, -0.25) is 0 Å². The minimum absolute atomic E-state index is 0.520. The summed E-state index contributed by atoms with van der Waals surface area (Å²) in [7, 11) is 0. The van der Waals surface area contributed by atoms with E-state index in [-0.39, 0.29) is 0 Å². The Morgan fingerprint density at radius 3 is 3.08 bits per heavy atom. The number of halogens is 1. The number of thiazole rings is 1. The zero-order valence-electron chi connectivity index (χ0n) is 6.34. The first-order valence-corrected chi connectivity index (χ1v) is 4.55. The van der Waals surface area contributed by atoms with Crippen LogP contribution in [-0.4, -0.2) is 9.97 Å². The fourth-order valence-electron chi connectivity index (χ4n) is 1.01. The molecular formula is C7H6ClN3S. The summed E-state index contributed by atoms with van der Waals surface area (Å²) in [5, 5.41) is 1.07. The van der Waals surface area contributed by atoms with Crippen molar-refractivity contribution in [1.29, 1.82) is 0 Å². The van der Waals surface area contributed by atoms with E-state index in [0.717, 1.165) is 15.8 Å². The van der Waals surface area contributed by atoms with E-state index in [1.54, 1.807) is 6.20 Å². The quantitative estimate of drug-likeness (QED) is 0.662. The smallest absolute Gasteiger partial charge is 0.181 e. The molecule has 2 aromatic rings. The summed E-state index contributed by atoms with van der Waals surface area (Å²) in [6.07, 6.45) is 1.64. The topological polar surface area (TPSA) is 51.8 Å². The van der Waals surface area contributed by atoms with Crippen LogP contribution in [0.2, 0.25) is 5.15 Å². The van der Waals surface area contributed by atoms with Crippen LogP contribution in [0.15, 0.2) is 6.20 Å². The van der Waals surface area contributed by atoms with Crippen LogP contribution in [0.3, 0.4) is 0 Å². The van der Waals surface area contributed by atoms with Crippen molar-refractivity contribution >= 4 is 38.3 Å². The van der Waals surface area contributed by atoms with Crippen molar-refractivity contribution in [3.05, 3.63) is 16.9 Å². The third-order valence-corrected chi connectivity index (χ3v) is 3.02. The molecule has 0 radical (unpaired) electrons. The number of aryl methyl sites for hydroxylation is 1. The summed E-state index contributed by atoms with van der Waals surface area (Å²) in [5.41, 5.74) is 7.31. The number of hydrogen-bond acceptors (Lipinski definition) is 4. The number of nitrogens with two attached hydrogens (primary N) is 1. The van der Waals surface area contributed by atoms with Crippen LogP contribution in [0.1, 0.15) is 5.56 Å². The number of anilines is 1. The average Bonchev–Trinajstić information content (AvgIpc) is 2.39. The third-order valence-electron chi connectivity index (χ3n) is 1.62. The summed E-state index contributed by atoms with van der Waals surface area (Å²) < 4.78 is 1.02. The van der Waals surface area contributed by atoms with Crippen LogP contribution in [-0.2, 0) is 0 Å². The molecule has 2 rings (SSSR count). The number of pyridine rings is 1. The molecule has 0 atom stereocenters. The highest BCUT2D eigenvalue weighted by Crippen LogP contribution is 2.29. The molecule has 0 fully saturated rings. The molecule has 0 aliphatic carbocycles. The molecule has 0 saturated carbocycles. The van der Waals surface area contributed by atoms with Crippen molar-refractivity contribution in [2.45, 2.75) is 6.92 Å². The Morgan fingerprint density at radius 2 is 2.33 bits per heavy atom. The molecule has 3 nitrogen and oxygen atoms in total. The second kappa shape index (κ2) is 2.57. The predicted molar refractivity (Wildman–Crippen MR) is 51.6 cm³/mol. The van der Waals surface area contributed by atoms with Crippen LogP contribution in [0.25, 0.3) is 10.2 Å². The standard InChI is InChI=1S/C7H6ClN3S/c1-3-5-4(2-10-6(3)8)11-7(9)12-5/h2H,1H3,(H2,9,11).